The molecule has 3 heteroatoms. The van der Waals surface area contributed by atoms with Gasteiger partial charge in [-0.2, -0.15) is 0 Å². The Labute approximate surface area is 223 Å². The molecule has 1 heterocycles. The number of hydrogen-bond donors (Lipinski definition) is 0. The second-order valence-electron chi connectivity index (χ2n) is 9.77. The number of rotatable bonds is 4. The molecule has 0 unspecified atom stereocenters. The van der Waals surface area contributed by atoms with Crippen molar-refractivity contribution in [3.05, 3.63) is 161 Å². The van der Waals surface area contributed by atoms with Gasteiger partial charge < -0.3 is 0 Å². The van der Waals surface area contributed by atoms with Crippen molar-refractivity contribution in [2.24, 2.45) is 4.99 Å². The van der Waals surface area contributed by atoms with Gasteiger partial charge in [-0.05, 0) is 61.4 Å². The molecule has 0 saturated carbocycles. The van der Waals surface area contributed by atoms with Gasteiger partial charge in [0.05, 0.1) is 5.69 Å². The van der Waals surface area contributed by atoms with E-state index < -0.39 is 5.41 Å². The van der Waals surface area contributed by atoms with E-state index in [1.54, 1.807) is 0 Å². The SMILES string of the molecule is Cc1ccc(N(C2=Nc3ccccc3C(=O)C2(c2ccccc2)c2ccccc2)c2ccc(C)cc2)cc1. The smallest absolute Gasteiger partial charge is 0.187 e. The van der Waals surface area contributed by atoms with Crippen LogP contribution in [0, 0.1) is 13.8 Å². The largest absolute Gasteiger partial charge is 0.297 e. The van der Waals surface area contributed by atoms with Crippen LogP contribution < -0.4 is 4.90 Å². The second-order valence-corrected chi connectivity index (χ2v) is 9.77. The number of ketones is 1. The van der Waals surface area contributed by atoms with Crippen LogP contribution in [0.25, 0.3) is 0 Å². The number of para-hydroxylation sites is 1. The van der Waals surface area contributed by atoms with Crippen LogP contribution in [0.5, 0.6) is 0 Å². The van der Waals surface area contributed by atoms with Crippen molar-refractivity contribution in [2.45, 2.75) is 19.3 Å². The molecule has 0 saturated heterocycles. The zero-order valence-corrected chi connectivity index (χ0v) is 21.5. The molecule has 5 aromatic rings. The van der Waals surface area contributed by atoms with E-state index >= 15 is 0 Å². The number of carbonyl (C=O) groups excluding carboxylic acids is 1. The number of anilines is 2. The summed E-state index contributed by atoms with van der Waals surface area (Å²) in [6, 6.07) is 44.6. The highest BCUT2D eigenvalue weighted by Crippen LogP contribution is 2.46. The van der Waals surface area contributed by atoms with Crippen molar-refractivity contribution in [1.82, 2.24) is 0 Å². The fraction of sp³-hybridized carbons (Fsp3) is 0.0857. The third-order valence-corrected chi connectivity index (χ3v) is 7.26. The van der Waals surface area contributed by atoms with Gasteiger partial charge in [-0.3, -0.25) is 9.69 Å². The highest BCUT2D eigenvalue weighted by atomic mass is 16.1. The average Bonchev–Trinajstić information content (AvgIpc) is 2.96. The Balaban J connectivity index is 1.75. The highest BCUT2D eigenvalue weighted by Gasteiger charge is 2.52. The van der Waals surface area contributed by atoms with Crippen molar-refractivity contribution in [2.75, 3.05) is 4.90 Å². The molecule has 1 aliphatic rings. The van der Waals surface area contributed by atoms with Gasteiger partial charge in [-0.25, -0.2) is 4.99 Å². The van der Waals surface area contributed by atoms with Crippen LogP contribution >= 0.6 is 0 Å². The maximum absolute atomic E-state index is 14.9. The lowest BCUT2D eigenvalue weighted by molar-refractivity contribution is 0.0946. The molecule has 184 valence electrons. The lowest BCUT2D eigenvalue weighted by atomic mass is 9.66. The summed E-state index contributed by atoms with van der Waals surface area (Å²) in [5.41, 5.74) is 6.14. The zero-order chi connectivity index (χ0) is 26.1. The molecule has 0 spiro atoms. The molecule has 3 nitrogen and oxygen atoms in total. The van der Waals surface area contributed by atoms with Crippen molar-refractivity contribution < 1.29 is 4.79 Å². The minimum Gasteiger partial charge on any atom is -0.297 e. The van der Waals surface area contributed by atoms with E-state index in [2.05, 4.69) is 67.3 Å². The van der Waals surface area contributed by atoms with Crippen LogP contribution in [0.3, 0.4) is 0 Å². The van der Waals surface area contributed by atoms with E-state index in [1.165, 1.54) is 11.1 Å². The summed E-state index contributed by atoms with van der Waals surface area (Å²) in [5.74, 6) is 0.672. The zero-order valence-electron chi connectivity index (χ0n) is 21.5. The first kappa shape index (κ1) is 23.6. The molecule has 0 atom stereocenters. The van der Waals surface area contributed by atoms with Crippen LogP contribution in [0.2, 0.25) is 0 Å². The molecular formula is C35H28N2O. The fourth-order valence-electron chi connectivity index (χ4n) is 5.33. The number of fused-ring (bicyclic) bond motifs is 1. The summed E-state index contributed by atoms with van der Waals surface area (Å²) in [7, 11) is 0. The standard InChI is InChI=1S/C35H28N2O/c1-25-17-21-29(22-18-25)37(30-23-19-26(2)20-24-30)34-35(27-11-5-3-6-12-27,28-13-7-4-8-14-28)33(38)31-15-9-10-16-32(31)36-34/h3-24H,1-2H3. The summed E-state index contributed by atoms with van der Waals surface area (Å²) >= 11 is 0. The molecule has 0 aromatic heterocycles. The Morgan fingerprint density at radius 2 is 1.00 bits per heavy atom. The van der Waals surface area contributed by atoms with Gasteiger partial charge in [0.2, 0.25) is 0 Å². The summed E-state index contributed by atoms with van der Waals surface area (Å²) in [4.78, 5) is 22.4. The first-order valence-electron chi connectivity index (χ1n) is 12.9. The van der Waals surface area contributed by atoms with Gasteiger partial charge in [-0.1, -0.05) is 108 Å². The molecule has 1 aliphatic heterocycles. The number of nitrogens with zero attached hydrogens (tertiary/aromatic N) is 2. The van der Waals surface area contributed by atoms with E-state index in [0.717, 1.165) is 22.5 Å². The van der Waals surface area contributed by atoms with Crippen molar-refractivity contribution in [3.63, 3.8) is 0 Å². The average molecular weight is 493 g/mol. The number of hydrogen-bond acceptors (Lipinski definition) is 3. The lowest BCUT2D eigenvalue weighted by Crippen LogP contribution is -2.53. The minimum atomic E-state index is -1.16. The molecule has 0 amide bonds. The van der Waals surface area contributed by atoms with E-state index in [0.29, 0.717) is 17.1 Å². The molecule has 5 aromatic carbocycles. The molecule has 0 bridgehead atoms. The molecule has 0 fully saturated rings. The Kier molecular flexibility index (Phi) is 5.97. The van der Waals surface area contributed by atoms with Crippen LogP contribution in [-0.4, -0.2) is 11.6 Å². The first-order chi connectivity index (χ1) is 18.6. The summed E-state index contributed by atoms with van der Waals surface area (Å²) < 4.78 is 0. The first-order valence-corrected chi connectivity index (χ1v) is 12.9. The Hall–Kier alpha value is -4.76. The maximum Gasteiger partial charge on any atom is 0.187 e. The van der Waals surface area contributed by atoms with E-state index in [1.807, 2.05) is 84.9 Å². The lowest BCUT2D eigenvalue weighted by Gasteiger charge is -2.42. The van der Waals surface area contributed by atoms with Gasteiger partial charge in [0.15, 0.2) is 5.78 Å². The topological polar surface area (TPSA) is 32.7 Å². The normalized spacial score (nSPS) is 13.9. The van der Waals surface area contributed by atoms with Crippen LogP contribution in [0.15, 0.2) is 138 Å². The molecule has 0 aliphatic carbocycles. The summed E-state index contributed by atoms with van der Waals surface area (Å²) in [6.07, 6.45) is 0. The van der Waals surface area contributed by atoms with Crippen LogP contribution in [0.4, 0.5) is 17.1 Å². The Bertz CT molecular complexity index is 1530. The molecular weight excluding hydrogens is 464 g/mol. The number of carbonyl (C=O) groups is 1. The quantitative estimate of drug-likeness (QED) is 0.252. The maximum atomic E-state index is 14.9. The number of aryl methyl sites for hydroxylation is 2. The number of benzene rings is 5. The predicted octanol–water partition coefficient (Wildman–Crippen LogP) is 8.35. The monoisotopic (exact) mass is 492 g/mol. The summed E-state index contributed by atoms with van der Waals surface area (Å²) in [5, 5.41) is 0. The number of amidine groups is 1. The highest BCUT2D eigenvalue weighted by molar-refractivity contribution is 6.32. The van der Waals surface area contributed by atoms with E-state index in [9.17, 15) is 4.79 Å². The van der Waals surface area contributed by atoms with Gasteiger partial charge in [0.25, 0.3) is 0 Å². The predicted molar refractivity (Wildman–Crippen MR) is 156 cm³/mol. The Morgan fingerprint density at radius 1 is 0.553 bits per heavy atom. The molecule has 0 radical (unpaired) electrons. The van der Waals surface area contributed by atoms with Gasteiger partial charge in [-0.15, -0.1) is 0 Å². The molecule has 0 N–H and O–H groups in total. The fourth-order valence-corrected chi connectivity index (χ4v) is 5.33. The van der Waals surface area contributed by atoms with Crippen molar-refractivity contribution in [1.29, 1.82) is 0 Å². The van der Waals surface area contributed by atoms with Crippen molar-refractivity contribution >= 4 is 28.7 Å². The minimum absolute atomic E-state index is 0.0136. The van der Waals surface area contributed by atoms with E-state index in [4.69, 9.17) is 4.99 Å². The van der Waals surface area contributed by atoms with Gasteiger partial charge >= 0.3 is 0 Å². The second kappa shape index (κ2) is 9.60. The number of Topliss-reactive ketones (excluding diaryl/α,β-unsaturated/α-hetero) is 1. The molecule has 38 heavy (non-hydrogen) atoms. The Morgan fingerprint density at radius 3 is 1.50 bits per heavy atom. The van der Waals surface area contributed by atoms with E-state index in [-0.39, 0.29) is 5.78 Å². The van der Waals surface area contributed by atoms with Crippen LogP contribution in [0.1, 0.15) is 32.6 Å². The summed E-state index contributed by atoms with van der Waals surface area (Å²) in [6.45, 7) is 4.16. The van der Waals surface area contributed by atoms with Gasteiger partial charge in [0.1, 0.15) is 11.3 Å². The van der Waals surface area contributed by atoms with Crippen molar-refractivity contribution in [3.8, 4) is 0 Å². The van der Waals surface area contributed by atoms with Crippen LogP contribution in [-0.2, 0) is 5.41 Å². The number of aliphatic imine (C=N–C) groups is 1. The third-order valence-electron chi connectivity index (χ3n) is 7.26. The van der Waals surface area contributed by atoms with Gasteiger partial charge in [0, 0.05) is 16.9 Å². The molecule has 6 rings (SSSR count). The third kappa shape index (κ3) is 3.84.